The molecule has 0 radical (unpaired) electrons. The van der Waals surface area contributed by atoms with Crippen molar-refractivity contribution in [2.24, 2.45) is 0 Å². The van der Waals surface area contributed by atoms with Gasteiger partial charge in [0.15, 0.2) is 5.82 Å². The Kier molecular flexibility index (Phi) is 5.39. The lowest BCUT2D eigenvalue weighted by molar-refractivity contribution is 0.415. The van der Waals surface area contributed by atoms with E-state index in [0.717, 1.165) is 10.9 Å². The van der Waals surface area contributed by atoms with Gasteiger partial charge in [0.1, 0.15) is 17.9 Å². The van der Waals surface area contributed by atoms with Crippen LogP contribution in [0.25, 0.3) is 32.6 Å². The van der Waals surface area contributed by atoms with E-state index < -0.39 is 6.04 Å². The molecule has 1 atom stereocenters. The number of nitrogen functional groups attached to an aromatic ring is 1. The lowest BCUT2D eigenvalue weighted by Gasteiger charge is -2.21. The third kappa shape index (κ3) is 3.93. The molecule has 0 bridgehead atoms. The minimum Gasteiger partial charge on any atom is -0.371 e. The molecular formula is C24H19N9O2. The number of hydrogen-bond donors (Lipinski definition) is 2. The summed E-state index contributed by atoms with van der Waals surface area (Å²) in [6.07, 6.45) is 6.14. The van der Waals surface area contributed by atoms with Crippen molar-refractivity contribution in [3.8, 4) is 16.9 Å². The van der Waals surface area contributed by atoms with Gasteiger partial charge < -0.3 is 15.6 Å². The molecule has 11 heteroatoms. The van der Waals surface area contributed by atoms with Crippen LogP contribution < -0.4 is 16.6 Å². The van der Waals surface area contributed by atoms with E-state index in [1.54, 1.807) is 25.4 Å². The van der Waals surface area contributed by atoms with Crippen molar-refractivity contribution >= 4 is 28.2 Å². The van der Waals surface area contributed by atoms with E-state index in [1.165, 1.54) is 17.0 Å². The van der Waals surface area contributed by atoms with Crippen molar-refractivity contribution in [1.29, 1.82) is 0 Å². The number of pyridine rings is 1. The highest BCUT2D eigenvalue weighted by Gasteiger charge is 2.21. The number of aromatic nitrogens is 6. The highest BCUT2D eigenvalue weighted by atomic mass is 16.5. The molecule has 35 heavy (non-hydrogen) atoms. The van der Waals surface area contributed by atoms with Gasteiger partial charge in [-0.15, -0.1) is 0 Å². The fraction of sp³-hybridized carbons (Fsp3) is 0.125. The molecule has 0 aliphatic carbocycles. The summed E-state index contributed by atoms with van der Waals surface area (Å²) in [5.74, 6) is 1.26. The predicted octanol–water partition coefficient (Wildman–Crippen LogP) is 3.84. The van der Waals surface area contributed by atoms with E-state index in [0.29, 0.717) is 28.3 Å². The largest absolute Gasteiger partial charge is 0.371 e. The number of hydrogen-bond acceptors (Lipinski definition) is 9. The second-order valence-corrected chi connectivity index (χ2v) is 7.80. The number of nitrogens with two attached hydrogens (primary N) is 1. The molecule has 4 heterocycles. The van der Waals surface area contributed by atoms with E-state index in [9.17, 15) is 4.79 Å². The van der Waals surface area contributed by atoms with E-state index in [1.807, 2.05) is 31.2 Å². The first-order chi connectivity index (χ1) is 17.0. The first kappa shape index (κ1) is 21.7. The summed E-state index contributed by atoms with van der Waals surface area (Å²) in [5.41, 5.74) is 7.67. The summed E-state index contributed by atoms with van der Waals surface area (Å²) >= 11 is 0. The molecule has 1 aromatic carbocycles. The Bertz CT molecular complexity index is 1640. The first-order valence-electron chi connectivity index (χ1n) is 10.6. The fourth-order valence-electron chi connectivity index (χ4n) is 3.89. The standard InChI is InChI=1S/C24H19N9O2/c1-13(30-22-18(26-3)12-29-24(25)31-22)19-9-15-5-4-6-17(16-10-27-14(2)28-11-16)21(15)23(34)33(19)20-7-8-35-32-20/h4-13H,1-2H3,(H3,25,29,30,31)/t13-/m0/s1. The highest BCUT2D eigenvalue weighted by Crippen LogP contribution is 2.31. The molecule has 0 aliphatic heterocycles. The van der Waals surface area contributed by atoms with Gasteiger partial charge in [0, 0.05) is 30.2 Å². The number of fused-ring (bicyclic) bond motifs is 1. The smallest absolute Gasteiger partial charge is 0.265 e. The van der Waals surface area contributed by atoms with Crippen LogP contribution in [0.15, 0.2) is 64.5 Å². The molecule has 0 saturated carbocycles. The summed E-state index contributed by atoms with van der Waals surface area (Å²) in [5, 5.41) is 8.41. The van der Waals surface area contributed by atoms with Crippen molar-refractivity contribution < 1.29 is 4.52 Å². The van der Waals surface area contributed by atoms with Crippen molar-refractivity contribution in [2.45, 2.75) is 19.9 Å². The van der Waals surface area contributed by atoms with Gasteiger partial charge >= 0.3 is 0 Å². The topological polar surface area (TPSA) is 142 Å². The zero-order valence-electron chi connectivity index (χ0n) is 18.8. The summed E-state index contributed by atoms with van der Waals surface area (Å²) in [4.78, 5) is 34.0. The Balaban J connectivity index is 1.72. The van der Waals surface area contributed by atoms with Crippen molar-refractivity contribution in [1.82, 2.24) is 29.7 Å². The third-order valence-electron chi connectivity index (χ3n) is 5.53. The maximum atomic E-state index is 14.0. The van der Waals surface area contributed by atoms with Gasteiger partial charge in [-0.05, 0) is 30.9 Å². The second kappa shape index (κ2) is 8.68. The van der Waals surface area contributed by atoms with Crippen LogP contribution in [0.2, 0.25) is 0 Å². The van der Waals surface area contributed by atoms with Crippen LogP contribution in [-0.4, -0.2) is 29.7 Å². The van der Waals surface area contributed by atoms with Crippen LogP contribution in [0.1, 0.15) is 24.5 Å². The van der Waals surface area contributed by atoms with Gasteiger partial charge in [-0.25, -0.2) is 24.8 Å². The quantitative estimate of drug-likeness (QED) is 0.370. The maximum absolute atomic E-state index is 14.0. The minimum absolute atomic E-state index is 0.0319. The number of nitrogens with zero attached hydrogens (tertiary/aromatic N) is 7. The molecule has 0 fully saturated rings. The monoisotopic (exact) mass is 465 g/mol. The number of anilines is 2. The van der Waals surface area contributed by atoms with Gasteiger partial charge in [-0.3, -0.25) is 9.36 Å². The van der Waals surface area contributed by atoms with Gasteiger partial charge in [-0.1, -0.05) is 23.4 Å². The normalized spacial score (nSPS) is 11.8. The lowest BCUT2D eigenvalue weighted by Crippen LogP contribution is -2.26. The second-order valence-electron chi connectivity index (χ2n) is 7.80. The predicted molar refractivity (Wildman–Crippen MR) is 130 cm³/mol. The number of nitrogens with one attached hydrogen (secondary N) is 1. The van der Waals surface area contributed by atoms with Crippen molar-refractivity contribution in [3.05, 3.63) is 88.5 Å². The van der Waals surface area contributed by atoms with Gasteiger partial charge in [0.25, 0.3) is 5.56 Å². The molecule has 0 spiro atoms. The molecule has 11 nitrogen and oxygen atoms in total. The zero-order valence-corrected chi connectivity index (χ0v) is 18.8. The van der Waals surface area contributed by atoms with Crippen LogP contribution in [0.3, 0.4) is 0 Å². The SMILES string of the molecule is [C-]#[N+]c1cnc(N)nc1N[C@@H](C)c1cc2cccc(-c3cnc(C)nc3)c2c(=O)n1-c1ccon1. The van der Waals surface area contributed by atoms with E-state index in [-0.39, 0.29) is 23.0 Å². The van der Waals surface area contributed by atoms with Crippen molar-refractivity contribution in [3.63, 3.8) is 0 Å². The summed E-state index contributed by atoms with van der Waals surface area (Å²) < 4.78 is 6.52. The minimum atomic E-state index is -0.468. The number of rotatable bonds is 5. The molecule has 5 rings (SSSR count). The van der Waals surface area contributed by atoms with Crippen LogP contribution in [0, 0.1) is 13.5 Å². The van der Waals surface area contributed by atoms with Crippen molar-refractivity contribution in [2.75, 3.05) is 11.1 Å². The molecule has 0 saturated heterocycles. The van der Waals surface area contributed by atoms with Crippen LogP contribution >= 0.6 is 0 Å². The Morgan fingerprint density at radius 1 is 1.17 bits per heavy atom. The molecule has 172 valence electrons. The first-order valence-corrected chi connectivity index (χ1v) is 10.6. The van der Waals surface area contributed by atoms with E-state index in [4.69, 9.17) is 16.8 Å². The van der Waals surface area contributed by atoms with Gasteiger partial charge in [0.2, 0.25) is 11.6 Å². The van der Waals surface area contributed by atoms with E-state index in [2.05, 4.69) is 35.3 Å². The summed E-state index contributed by atoms with van der Waals surface area (Å²) in [7, 11) is 0. The highest BCUT2D eigenvalue weighted by molar-refractivity contribution is 5.96. The molecular weight excluding hydrogens is 446 g/mol. The Labute approximate surface area is 199 Å². The number of benzene rings is 1. The maximum Gasteiger partial charge on any atom is 0.265 e. The average molecular weight is 465 g/mol. The Morgan fingerprint density at radius 3 is 2.69 bits per heavy atom. The van der Waals surface area contributed by atoms with Crippen LogP contribution in [-0.2, 0) is 0 Å². The molecule has 0 unspecified atom stereocenters. The molecule has 5 aromatic rings. The fourth-order valence-corrected chi connectivity index (χ4v) is 3.89. The number of aryl methyl sites for hydroxylation is 1. The summed E-state index contributed by atoms with van der Waals surface area (Å²) in [6.45, 7) is 11.0. The third-order valence-corrected chi connectivity index (χ3v) is 5.53. The molecule has 0 aliphatic rings. The summed E-state index contributed by atoms with van der Waals surface area (Å²) in [6, 6.07) is 8.63. The molecule has 3 N–H and O–H groups in total. The van der Waals surface area contributed by atoms with E-state index >= 15 is 0 Å². The van der Waals surface area contributed by atoms with Crippen LogP contribution in [0.5, 0.6) is 0 Å². The Morgan fingerprint density at radius 2 is 1.97 bits per heavy atom. The van der Waals surface area contributed by atoms with Crippen LogP contribution in [0.4, 0.5) is 17.5 Å². The average Bonchev–Trinajstić information content (AvgIpc) is 3.38. The van der Waals surface area contributed by atoms with Gasteiger partial charge in [0.05, 0.1) is 23.7 Å². The zero-order chi connectivity index (χ0) is 24.5. The molecule has 0 amide bonds. The Hall–Kier alpha value is -5.11. The molecule has 4 aromatic heterocycles. The lowest BCUT2D eigenvalue weighted by atomic mass is 9.99. The van der Waals surface area contributed by atoms with Gasteiger partial charge in [-0.2, -0.15) is 0 Å².